The van der Waals surface area contributed by atoms with Crippen molar-refractivity contribution in [1.82, 2.24) is 24.5 Å². The average Bonchev–Trinajstić information content (AvgIpc) is 2.90. The van der Waals surface area contributed by atoms with E-state index in [1.807, 2.05) is 30.7 Å². The number of hydrogen-bond donors (Lipinski definition) is 1. The molecule has 0 aliphatic rings. The van der Waals surface area contributed by atoms with E-state index in [1.54, 1.807) is 18.3 Å². The maximum Gasteiger partial charge on any atom is 0.322 e. The van der Waals surface area contributed by atoms with Crippen molar-refractivity contribution in [2.75, 3.05) is 5.73 Å². The van der Waals surface area contributed by atoms with Crippen LogP contribution in [0.3, 0.4) is 0 Å². The second-order valence-electron chi connectivity index (χ2n) is 5.91. The largest absolute Gasteiger partial charge is 0.423 e. The Labute approximate surface area is 173 Å². The first-order valence-electron chi connectivity index (χ1n) is 7.97. The Morgan fingerprint density at radius 1 is 1.19 bits per heavy atom. The Balaban J connectivity index is 1.80. The minimum Gasteiger partial charge on any atom is -0.423 e. The van der Waals surface area contributed by atoms with E-state index >= 15 is 0 Å². The quantitative estimate of drug-likeness (QED) is 0.427. The van der Waals surface area contributed by atoms with E-state index in [2.05, 4.69) is 42.5 Å². The number of nitrogens with two attached hydrogens (primary N) is 1. The number of rotatable bonds is 3. The molecule has 0 amide bonds. The van der Waals surface area contributed by atoms with Gasteiger partial charge in [-0.05, 0) is 53.3 Å². The summed E-state index contributed by atoms with van der Waals surface area (Å²) in [6.07, 6.45) is 3.10. The molecule has 0 bridgehead atoms. The fraction of sp³-hybridized carbons (Fsp3) is 0.111. The Kier molecular flexibility index (Phi) is 4.60. The van der Waals surface area contributed by atoms with Gasteiger partial charge in [0.15, 0.2) is 0 Å². The number of anilines is 1. The minimum atomic E-state index is 0.252. The van der Waals surface area contributed by atoms with E-state index in [4.69, 9.17) is 22.1 Å². The van der Waals surface area contributed by atoms with Crippen molar-refractivity contribution in [3.05, 3.63) is 51.2 Å². The fourth-order valence-electron chi connectivity index (χ4n) is 2.82. The van der Waals surface area contributed by atoms with Crippen molar-refractivity contribution in [2.24, 2.45) is 7.05 Å². The number of nitrogens with zero attached hydrogens (tertiary/aromatic N) is 5. The van der Waals surface area contributed by atoms with E-state index in [1.165, 1.54) is 6.33 Å². The van der Waals surface area contributed by atoms with Crippen LogP contribution in [0.25, 0.3) is 22.2 Å². The second kappa shape index (κ2) is 6.93. The van der Waals surface area contributed by atoms with Crippen LogP contribution in [0.15, 0.2) is 36.8 Å². The Morgan fingerprint density at radius 3 is 2.74 bits per heavy atom. The van der Waals surface area contributed by atoms with Crippen molar-refractivity contribution < 1.29 is 4.74 Å². The Morgan fingerprint density at radius 2 is 2.00 bits per heavy atom. The van der Waals surface area contributed by atoms with Crippen LogP contribution in [0.1, 0.15) is 5.69 Å². The third-order valence-corrected chi connectivity index (χ3v) is 5.68. The average molecular weight is 493 g/mol. The van der Waals surface area contributed by atoms with Crippen LogP contribution >= 0.6 is 34.2 Å². The summed E-state index contributed by atoms with van der Waals surface area (Å²) in [7, 11) is 1.94. The lowest BCUT2D eigenvalue weighted by atomic mass is 10.1. The van der Waals surface area contributed by atoms with Crippen LogP contribution < -0.4 is 10.5 Å². The third-order valence-electron chi connectivity index (χ3n) is 4.12. The molecule has 0 atom stereocenters. The van der Waals surface area contributed by atoms with Crippen molar-refractivity contribution in [2.45, 2.75) is 6.92 Å². The lowest BCUT2D eigenvalue weighted by Gasteiger charge is -2.09. The van der Waals surface area contributed by atoms with Gasteiger partial charge in [-0.2, -0.15) is 0 Å². The summed E-state index contributed by atoms with van der Waals surface area (Å²) in [6, 6.07) is 7.59. The maximum absolute atomic E-state index is 6.47. The molecule has 3 heterocycles. The molecular formula is C18H14ClIN6O. The van der Waals surface area contributed by atoms with E-state index in [-0.39, 0.29) is 6.01 Å². The first-order valence-corrected chi connectivity index (χ1v) is 9.43. The topological polar surface area (TPSA) is 91.7 Å². The third kappa shape index (κ3) is 3.19. The lowest BCUT2D eigenvalue weighted by Crippen LogP contribution is -1.95. The van der Waals surface area contributed by atoms with Gasteiger partial charge in [-0.25, -0.2) is 19.9 Å². The highest BCUT2D eigenvalue weighted by molar-refractivity contribution is 14.1. The minimum absolute atomic E-state index is 0.252. The molecule has 0 unspecified atom stereocenters. The standard InChI is InChI=1S/C18H14ClIN6O/c1-9-5-6-22-18(25-9)27-12-4-3-10(7-11(12)19)13-14-16(21)23-8-24-17(14)26(2)15(13)20/h3-8H,1-2H3,(H2,21,23,24). The molecule has 9 heteroatoms. The number of aromatic nitrogens is 5. The molecule has 3 aromatic heterocycles. The number of nitrogen functional groups attached to an aromatic ring is 1. The molecule has 2 N–H and O–H groups in total. The van der Waals surface area contributed by atoms with Gasteiger partial charge in [0, 0.05) is 24.5 Å². The van der Waals surface area contributed by atoms with Gasteiger partial charge in [0.1, 0.15) is 23.5 Å². The Hall–Kier alpha value is -2.46. The van der Waals surface area contributed by atoms with Gasteiger partial charge in [-0.3, -0.25) is 0 Å². The van der Waals surface area contributed by atoms with Crippen LogP contribution in [0, 0.1) is 10.6 Å². The maximum atomic E-state index is 6.47. The molecule has 0 spiro atoms. The second-order valence-corrected chi connectivity index (χ2v) is 7.34. The number of benzene rings is 1. The SMILES string of the molecule is Cc1ccnc(Oc2ccc(-c3c(I)n(C)c4ncnc(N)c34)cc2Cl)n1. The lowest BCUT2D eigenvalue weighted by molar-refractivity contribution is 0.440. The molecule has 0 aliphatic heterocycles. The molecule has 0 fully saturated rings. The summed E-state index contributed by atoms with van der Waals surface area (Å²) in [5.41, 5.74) is 9.54. The van der Waals surface area contributed by atoms with Crippen LogP contribution in [-0.4, -0.2) is 24.5 Å². The number of halogens is 2. The van der Waals surface area contributed by atoms with Gasteiger partial charge in [0.2, 0.25) is 0 Å². The highest BCUT2D eigenvalue weighted by atomic mass is 127. The van der Waals surface area contributed by atoms with Gasteiger partial charge in [-0.15, -0.1) is 0 Å². The summed E-state index contributed by atoms with van der Waals surface area (Å²) in [5, 5.41) is 1.25. The highest BCUT2D eigenvalue weighted by Gasteiger charge is 2.20. The normalized spacial score (nSPS) is 11.1. The highest BCUT2D eigenvalue weighted by Crippen LogP contribution is 2.39. The molecule has 7 nitrogen and oxygen atoms in total. The van der Waals surface area contributed by atoms with Gasteiger partial charge >= 0.3 is 6.01 Å². The Bertz CT molecular complexity index is 1180. The molecule has 4 rings (SSSR count). The molecular weight excluding hydrogens is 479 g/mol. The predicted molar refractivity (Wildman–Crippen MR) is 113 cm³/mol. The van der Waals surface area contributed by atoms with Gasteiger partial charge < -0.3 is 15.0 Å². The van der Waals surface area contributed by atoms with Crippen molar-refractivity contribution in [3.63, 3.8) is 0 Å². The first-order chi connectivity index (χ1) is 13.0. The van der Waals surface area contributed by atoms with Crippen molar-refractivity contribution >= 4 is 51.0 Å². The summed E-state index contributed by atoms with van der Waals surface area (Å²) in [6.45, 7) is 1.87. The predicted octanol–water partition coefficient (Wildman–Crippen LogP) is 4.37. The molecule has 0 saturated carbocycles. The number of hydrogen-bond acceptors (Lipinski definition) is 6. The van der Waals surface area contributed by atoms with Crippen LogP contribution in [0.5, 0.6) is 11.8 Å². The summed E-state index contributed by atoms with van der Waals surface area (Å²) in [5.74, 6) is 0.906. The molecule has 27 heavy (non-hydrogen) atoms. The van der Waals surface area contributed by atoms with Crippen LogP contribution in [0.2, 0.25) is 5.02 Å². The first kappa shape index (κ1) is 17.9. The van der Waals surface area contributed by atoms with Crippen LogP contribution in [-0.2, 0) is 7.05 Å². The van der Waals surface area contributed by atoms with E-state index in [0.717, 1.165) is 31.6 Å². The van der Waals surface area contributed by atoms with E-state index in [9.17, 15) is 0 Å². The van der Waals surface area contributed by atoms with Gasteiger partial charge in [0.05, 0.1) is 14.1 Å². The number of fused-ring (bicyclic) bond motifs is 1. The zero-order valence-electron chi connectivity index (χ0n) is 14.4. The number of aryl methyl sites for hydroxylation is 2. The van der Waals surface area contributed by atoms with Gasteiger partial charge in [0.25, 0.3) is 0 Å². The molecule has 0 saturated heterocycles. The monoisotopic (exact) mass is 492 g/mol. The van der Waals surface area contributed by atoms with Crippen molar-refractivity contribution in [1.29, 1.82) is 0 Å². The zero-order chi connectivity index (χ0) is 19.1. The molecule has 1 aromatic carbocycles. The van der Waals surface area contributed by atoms with Gasteiger partial charge in [-0.1, -0.05) is 17.7 Å². The molecule has 136 valence electrons. The van der Waals surface area contributed by atoms with Crippen LogP contribution in [0.4, 0.5) is 5.82 Å². The van der Waals surface area contributed by atoms with E-state index < -0.39 is 0 Å². The van der Waals surface area contributed by atoms with Crippen molar-refractivity contribution in [3.8, 4) is 22.9 Å². The molecule has 0 radical (unpaired) electrons. The summed E-state index contributed by atoms with van der Waals surface area (Å²) in [4.78, 5) is 16.8. The fourth-order valence-corrected chi connectivity index (χ4v) is 3.85. The smallest absolute Gasteiger partial charge is 0.322 e. The summed E-state index contributed by atoms with van der Waals surface area (Å²) < 4.78 is 8.68. The van der Waals surface area contributed by atoms with E-state index in [0.29, 0.717) is 16.6 Å². The number of ether oxygens (including phenoxy) is 1. The zero-order valence-corrected chi connectivity index (χ0v) is 17.4. The molecule has 4 aromatic rings. The molecule has 0 aliphatic carbocycles. The summed E-state index contributed by atoms with van der Waals surface area (Å²) >= 11 is 8.73.